The summed E-state index contributed by atoms with van der Waals surface area (Å²) in [4.78, 5) is 13.5. The molecule has 0 spiro atoms. The van der Waals surface area contributed by atoms with Crippen molar-refractivity contribution in [3.63, 3.8) is 0 Å². The van der Waals surface area contributed by atoms with Crippen molar-refractivity contribution in [2.24, 2.45) is 0 Å². The lowest BCUT2D eigenvalue weighted by atomic mass is 9.98. The Morgan fingerprint density at radius 3 is 2.80 bits per heavy atom. The van der Waals surface area contributed by atoms with Gasteiger partial charge in [-0.15, -0.1) is 6.58 Å². The van der Waals surface area contributed by atoms with E-state index in [1.165, 1.54) is 0 Å². The zero-order chi connectivity index (χ0) is 14.8. The summed E-state index contributed by atoms with van der Waals surface area (Å²) < 4.78 is 24.0. The maximum atomic E-state index is 11.9. The minimum absolute atomic E-state index is 0.0767. The number of carbonyl (C=O) groups is 1. The Kier molecular flexibility index (Phi) is 4.30. The van der Waals surface area contributed by atoms with Gasteiger partial charge in [0, 0.05) is 25.2 Å². The molecule has 0 unspecified atom stereocenters. The third-order valence-corrected chi connectivity index (χ3v) is 3.68. The highest BCUT2D eigenvalue weighted by atomic mass is 32.2. The smallest absolute Gasteiger partial charge is 0.277 e. The summed E-state index contributed by atoms with van der Waals surface area (Å²) in [7, 11) is 1.20. The van der Waals surface area contributed by atoms with Crippen molar-refractivity contribution >= 4 is 28.6 Å². The van der Waals surface area contributed by atoms with Crippen molar-refractivity contribution in [1.29, 1.82) is 0 Å². The molecule has 2 rings (SSSR count). The SMILES string of the molecule is [B]S(=O)(=O)NCc1ccc2c(c1)CCC(=O)N2CC=C. The van der Waals surface area contributed by atoms with E-state index in [1.807, 2.05) is 12.1 Å². The van der Waals surface area contributed by atoms with E-state index < -0.39 is 9.87 Å². The molecule has 0 fully saturated rings. The number of hydrogen-bond donors (Lipinski definition) is 1. The number of anilines is 1. The van der Waals surface area contributed by atoms with Crippen molar-refractivity contribution in [2.45, 2.75) is 19.4 Å². The predicted molar refractivity (Wildman–Crippen MR) is 78.8 cm³/mol. The van der Waals surface area contributed by atoms with Gasteiger partial charge in [-0.1, -0.05) is 18.2 Å². The van der Waals surface area contributed by atoms with E-state index >= 15 is 0 Å². The molecule has 1 heterocycles. The summed E-state index contributed by atoms with van der Waals surface area (Å²) in [6, 6.07) is 5.51. The summed E-state index contributed by atoms with van der Waals surface area (Å²) >= 11 is 0. The number of aryl methyl sites for hydroxylation is 1. The molecule has 0 saturated heterocycles. The monoisotopic (exact) mass is 290 g/mol. The van der Waals surface area contributed by atoms with Crippen LogP contribution >= 0.6 is 0 Å². The first-order valence-electron chi connectivity index (χ1n) is 6.21. The summed E-state index contributed by atoms with van der Waals surface area (Å²) in [6.07, 6.45) is 2.79. The highest BCUT2D eigenvalue weighted by molar-refractivity contribution is 8.10. The van der Waals surface area contributed by atoms with Crippen LogP contribution in [0, 0.1) is 0 Å². The first kappa shape index (κ1) is 14.8. The van der Waals surface area contributed by atoms with E-state index in [1.54, 1.807) is 17.0 Å². The number of nitrogens with one attached hydrogen (secondary N) is 1. The van der Waals surface area contributed by atoms with Crippen molar-refractivity contribution < 1.29 is 13.2 Å². The van der Waals surface area contributed by atoms with E-state index in [9.17, 15) is 13.2 Å². The topological polar surface area (TPSA) is 66.5 Å². The molecular weight excluding hydrogens is 275 g/mol. The summed E-state index contributed by atoms with van der Waals surface area (Å²) in [5.41, 5.74) is 2.70. The molecule has 0 aliphatic carbocycles. The van der Waals surface area contributed by atoms with Crippen LogP contribution in [0.1, 0.15) is 17.5 Å². The molecule has 20 heavy (non-hydrogen) atoms. The number of rotatable bonds is 5. The van der Waals surface area contributed by atoms with Gasteiger partial charge < -0.3 is 4.90 Å². The van der Waals surface area contributed by atoms with Crippen LogP contribution in [-0.4, -0.2) is 28.0 Å². The lowest BCUT2D eigenvalue weighted by Crippen LogP contribution is -2.35. The Labute approximate surface area is 120 Å². The van der Waals surface area contributed by atoms with E-state index in [-0.39, 0.29) is 12.5 Å². The highest BCUT2D eigenvalue weighted by Crippen LogP contribution is 2.28. The van der Waals surface area contributed by atoms with Crippen molar-refractivity contribution in [2.75, 3.05) is 11.4 Å². The quantitative estimate of drug-likeness (QED) is 0.640. The summed E-state index contributed by atoms with van der Waals surface area (Å²) in [5, 5.41) is 0. The number of amides is 1. The van der Waals surface area contributed by atoms with Gasteiger partial charge in [-0.3, -0.25) is 4.79 Å². The molecular formula is C13H15BN2O3S. The number of hydrogen-bond acceptors (Lipinski definition) is 3. The first-order valence-corrected chi connectivity index (χ1v) is 7.76. The molecule has 104 valence electrons. The van der Waals surface area contributed by atoms with Gasteiger partial charge in [-0.2, -0.15) is 0 Å². The van der Waals surface area contributed by atoms with E-state index in [2.05, 4.69) is 11.3 Å². The average Bonchev–Trinajstić information content (AvgIpc) is 2.39. The Morgan fingerprint density at radius 1 is 1.40 bits per heavy atom. The number of carbonyl (C=O) groups excluding carboxylic acids is 1. The normalized spacial score (nSPS) is 15.0. The fourth-order valence-corrected chi connectivity index (χ4v) is 2.60. The zero-order valence-corrected chi connectivity index (χ0v) is 11.8. The fraction of sp³-hybridized carbons (Fsp3) is 0.308. The van der Waals surface area contributed by atoms with Crippen LogP contribution in [0.25, 0.3) is 0 Å². The van der Waals surface area contributed by atoms with Gasteiger partial charge in [0.1, 0.15) is 9.87 Å². The van der Waals surface area contributed by atoms with Crippen molar-refractivity contribution in [1.82, 2.24) is 4.72 Å². The molecule has 0 saturated carbocycles. The molecule has 5 nitrogen and oxygen atoms in total. The Hall–Kier alpha value is -1.60. The third-order valence-electron chi connectivity index (χ3n) is 3.13. The molecule has 0 atom stereocenters. The molecule has 1 aliphatic heterocycles. The van der Waals surface area contributed by atoms with Gasteiger partial charge in [0.15, 0.2) is 0 Å². The Morgan fingerprint density at radius 2 is 2.15 bits per heavy atom. The largest absolute Gasteiger partial charge is 0.308 e. The summed E-state index contributed by atoms with van der Waals surface area (Å²) in [5.74, 6) is 0.0767. The van der Waals surface area contributed by atoms with Gasteiger partial charge in [-0.05, 0) is 23.6 Å². The molecule has 0 aromatic heterocycles. The van der Waals surface area contributed by atoms with E-state index in [0.29, 0.717) is 19.4 Å². The number of benzene rings is 1. The minimum Gasteiger partial charge on any atom is -0.308 e. The fourth-order valence-electron chi connectivity index (χ4n) is 2.24. The molecule has 1 amide bonds. The molecule has 0 bridgehead atoms. The van der Waals surface area contributed by atoms with Crippen LogP contribution in [0.3, 0.4) is 0 Å². The maximum Gasteiger partial charge on any atom is 0.277 e. The lowest BCUT2D eigenvalue weighted by molar-refractivity contribution is -0.118. The van der Waals surface area contributed by atoms with Crippen LogP contribution in [0.2, 0.25) is 0 Å². The second kappa shape index (κ2) is 5.81. The molecule has 7 heteroatoms. The third kappa shape index (κ3) is 3.49. The van der Waals surface area contributed by atoms with E-state index in [0.717, 1.165) is 16.8 Å². The Balaban J connectivity index is 2.23. The second-order valence-corrected chi connectivity index (χ2v) is 6.00. The number of fused-ring (bicyclic) bond motifs is 1. The van der Waals surface area contributed by atoms with Gasteiger partial charge in [0.05, 0.1) is 0 Å². The maximum absolute atomic E-state index is 11.9. The molecule has 1 aromatic rings. The zero-order valence-electron chi connectivity index (χ0n) is 11.0. The van der Waals surface area contributed by atoms with Gasteiger partial charge >= 0.3 is 0 Å². The lowest BCUT2D eigenvalue weighted by Gasteiger charge is -2.28. The van der Waals surface area contributed by atoms with Crippen LogP contribution in [0.5, 0.6) is 0 Å². The predicted octanol–water partition coefficient (Wildman–Crippen LogP) is 0.655. The van der Waals surface area contributed by atoms with Crippen LogP contribution in [-0.2, 0) is 27.6 Å². The Bertz CT molecular complexity index is 643. The van der Waals surface area contributed by atoms with Crippen LogP contribution < -0.4 is 9.62 Å². The van der Waals surface area contributed by atoms with Crippen molar-refractivity contribution in [3.05, 3.63) is 42.0 Å². The molecule has 1 aliphatic rings. The number of nitrogens with zero attached hydrogens (tertiary/aromatic N) is 1. The first-order chi connectivity index (χ1) is 9.40. The standard InChI is InChI=1S/C13H15BN2O3S/c1-2-7-16-12-5-3-10(9-15-20(14,18)19)8-11(12)4-6-13(16)17/h2-3,5,8,15H,1,4,6-7,9H2. The van der Waals surface area contributed by atoms with Gasteiger partial charge in [0.2, 0.25) is 5.91 Å². The van der Waals surface area contributed by atoms with Crippen LogP contribution in [0.15, 0.2) is 30.9 Å². The summed E-state index contributed by atoms with van der Waals surface area (Å²) in [6.45, 7) is 4.26. The molecule has 1 aromatic carbocycles. The van der Waals surface area contributed by atoms with Gasteiger partial charge in [-0.25, -0.2) is 13.1 Å². The molecule has 1 N–H and O–H groups in total. The van der Waals surface area contributed by atoms with Gasteiger partial charge in [0.25, 0.3) is 7.12 Å². The van der Waals surface area contributed by atoms with Crippen molar-refractivity contribution in [3.8, 4) is 0 Å². The molecule has 2 radical (unpaired) electrons. The van der Waals surface area contributed by atoms with Crippen LogP contribution in [0.4, 0.5) is 5.69 Å². The average molecular weight is 290 g/mol. The highest BCUT2D eigenvalue weighted by Gasteiger charge is 2.23. The second-order valence-electron chi connectivity index (χ2n) is 4.62. The minimum atomic E-state index is -3.70. The van der Waals surface area contributed by atoms with E-state index in [4.69, 9.17) is 7.12 Å².